The first-order chi connectivity index (χ1) is 8.93. The summed E-state index contributed by atoms with van der Waals surface area (Å²) in [5.41, 5.74) is 1.46. The quantitative estimate of drug-likeness (QED) is 0.768. The molecule has 0 unspecified atom stereocenters. The van der Waals surface area contributed by atoms with E-state index in [4.69, 9.17) is 0 Å². The number of hydrogen-bond donors (Lipinski definition) is 0. The van der Waals surface area contributed by atoms with E-state index in [0.717, 1.165) is 23.5 Å². The summed E-state index contributed by atoms with van der Waals surface area (Å²) in [4.78, 5) is 12.8. The lowest BCUT2D eigenvalue weighted by Gasteiger charge is -2.09. The van der Waals surface area contributed by atoms with Gasteiger partial charge in [-0.15, -0.1) is 0 Å². The first kappa shape index (κ1) is 10.9. The van der Waals surface area contributed by atoms with Crippen LogP contribution in [0.15, 0.2) is 58.2 Å². The summed E-state index contributed by atoms with van der Waals surface area (Å²) in [6, 6.07) is 11.2. The van der Waals surface area contributed by atoms with E-state index < -0.39 is 0 Å². The Bertz CT molecular complexity index is 594. The van der Waals surface area contributed by atoms with Crippen LogP contribution < -0.4 is 4.72 Å². The van der Waals surface area contributed by atoms with Gasteiger partial charge in [-0.25, -0.2) is 4.99 Å². The average Bonchev–Trinajstić information content (AvgIpc) is 2.49. The van der Waals surface area contributed by atoms with Gasteiger partial charge in [-0.2, -0.15) is 9.12 Å². The van der Waals surface area contributed by atoms with Gasteiger partial charge < -0.3 is 0 Å². The Morgan fingerprint density at radius 1 is 0.778 bits per heavy atom. The van der Waals surface area contributed by atoms with Gasteiger partial charge in [0.25, 0.3) is 0 Å². The Morgan fingerprint density at radius 2 is 1.44 bits per heavy atom. The molecule has 0 aromatic carbocycles. The minimum Gasteiger partial charge on any atom is -0.253 e. The van der Waals surface area contributed by atoms with Crippen molar-refractivity contribution in [2.24, 2.45) is 9.39 Å². The van der Waals surface area contributed by atoms with E-state index in [2.05, 4.69) is 24.1 Å². The number of amidine groups is 2. The van der Waals surface area contributed by atoms with Crippen LogP contribution in [-0.4, -0.2) is 21.6 Å². The molecule has 0 spiro atoms. The Hall–Kier alpha value is -2.21. The van der Waals surface area contributed by atoms with Crippen LogP contribution in [0, 0.1) is 0 Å². The first-order valence-corrected chi connectivity index (χ1v) is 6.03. The van der Waals surface area contributed by atoms with Gasteiger partial charge in [-0.1, -0.05) is 12.1 Å². The van der Waals surface area contributed by atoms with Crippen molar-refractivity contribution in [3.63, 3.8) is 0 Å². The van der Waals surface area contributed by atoms with Crippen molar-refractivity contribution < 1.29 is 0 Å². The zero-order chi connectivity index (χ0) is 12.2. The van der Waals surface area contributed by atoms with Gasteiger partial charge in [0.05, 0.1) is 0 Å². The van der Waals surface area contributed by atoms with Crippen molar-refractivity contribution in [1.82, 2.24) is 14.7 Å². The molecule has 0 N–H and O–H groups in total. The molecular weight excluding hydrogens is 246 g/mol. The molecule has 5 nitrogen and oxygen atoms in total. The fraction of sp³-hybridized carbons (Fsp3) is 0. The largest absolute Gasteiger partial charge is 0.253 e. The molecule has 6 heteroatoms. The predicted molar refractivity (Wildman–Crippen MR) is 71.3 cm³/mol. The number of aliphatic imine (C=N–C) groups is 1. The fourth-order valence-corrected chi connectivity index (χ4v) is 1.90. The zero-order valence-corrected chi connectivity index (χ0v) is 10.1. The molecule has 87 valence electrons. The third kappa shape index (κ3) is 2.23. The molecule has 0 bridgehead atoms. The first-order valence-electron chi connectivity index (χ1n) is 5.30. The molecule has 0 amide bonds. The van der Waals surface area contributed by atoms with Crippen molar-refractivity contribution in [3.8, 4) is 0 Å². The van der Waals surface area contributed by atoms with Crippen LogP contribution in [0.4, 0.5) is 0 Å². The molecule has 0 saturated carbocycles. The van der Waals surface area contributed by atoms with Gasteiger partial charge in [0.15, 0.2) is 11.7 Å². The smallest absolute Gasteiger partial charge is 0.189 e. The summed E-state index contributed by atoms with van der Waals surface area (Å²) < 4.78 is 8.33. The summed E-state index contributed by atoms with van der Waals surface area (Å²) in [6.07, 6.45) is 3.43. The van der Waals surface area contributed by atoms with Crippen LogP contribution in [-0.2, 0) is 0 Å². The van der Waals surface area contributed by atoms with Gasteiger partial charge in [-0.3, -0.25) is 9.97 Å². The van der Waals surface area contributed by atoms with E-state index in [1.54, 1.807) is 12.4 Å². The standard InChI is InChI=1S/C12H8N5S/c1-3-7-13-9(5-1)11-15-12(17-18-16-11)10-6-2-4-8-14-10/h1-8H. The molecule has 0 saturated heterocycles. The molecule has 1 aliphatic rings. The molecule has 1 radical (unpaired) electrons. The summed E-state index contributed by atoms with van der Waals surface area (Å²) in [5.74, 6) is 1.13. The zero-order valence-electron chi connectivity index (χ0n) is 9.26. The van der Waals surface area contributed by atoms with Gasteiger partial charge >= 0.3 is 0 Å². The summed E-state index contributed by atoms with van der Waals surface area (Å²) in [7, 11) is 0. The summed E-state index contributed by atoms with van der Waals surface area (Å²) >= 11 is 1.10. The number of hydrogen-bond acceptors (Lipinski definition) is 5. The average molecular weight is 254 g/mol. The second-order valence-corrected chi connectivity index (χ2v) is 3.98. The van der Waals surface area contributed by atoms with Gasteiger partial charge in [0.1, 0.15) is 23.5 Å². The van der Waals surface area contributed by atoms with Crippen molar-refractivity contribution >= 4 is 23.8 Å². The van der Waals surface area contributed by atoms with E-state index in [9.17, 15) is 0 Å². The number of nitrogens with zero attached hydrogens (tertiary/aromatic N) is 5. The molecule has 0 fully saturated rings. The highest BCUT2D eigenvalue weighted by molar-refractivity contribution is 7.96. The molecule has 0 atom stereocenters. The Kier molecular flexibility index (Phi) is 3.01. The lowest BCUT2D eigenvalue weighted by atomic mass is 10.3. The summed E-state index contributed by atoms with van der Waals surface area (Å²) in [6.45, 7) is 0. The minimum absolute atomic E-state index is 0.566. The highest BCUT2D eigenvalue weighted by Crippen LogP contribution is 2.13. The maximum atomic E-state index is 4.38. The van der Waals surface area contributed by atoms with Gasteiger partial charge in [0.2, 0.25) is 0 Å². The molecular formula is C12H8N5S. The normalized spacial score (nSPS) is 14.4. The van der Waals surface area contributed by atoms with E-state index in [1.165, 1.54) is 0 Å². The van der Waals surface area contributed by atoms with Crippen LogP contribution in [0.2, 0.25) is 0 Å². The molecule has 2 aromatic heterocycles. The molecule has 3 rings (SSSR count). The Labute approximate surface area is 108 Å². The monoisotopic (exact) mass is 254 g/mol. The number of pyridine rings is 2. The van der Waals surface area contributed by atoms with Crippen molar-refractivity contribution in [2.45, 2.75) is 0 Å². The lowest BCUT2D eigenvalue weighted by molar-refractivity contribution is 1.23. The maximum absolute atomic E-state index is 4.38. The topological polar surface area (TPSA) is 64.6 Å². The SMILES string of the molecule is c1ccc(C2=NC(c3ccccn3)=NS[N]2)nc1. The highest BCUT2D eigenvalue weighted by Gasteiger charge is 2.15. The molecule has 18 heavy (non-hydrogen) atoms. The van der Waals surface area contributed by atoms with Crippen LogP contribution in [0.25, 0.3) is 0 Å². The van der Waals surface area contributed by atoms with E-state index in [0.29, 0.717) is 11.7 Å². The molecule has 3 heterocycles. The Balaban J connectivity index is 1.95. The van der Waals surface area contributed by atoms with Crippen LogP contribution in [0.3, 0.4) is 0 Å². The predicted octanol–water partition coefficient (Wildman–Crippen LogP) is 1.85. The van der Waals surface area contributed by atoms with Gasteiger partial charge in [0, 0.05) is 12.4 Å². The van der Waals surface area contributed by atoms with E-state index in [-0.39, 0.29) is 0 Å². The molecule has 0 aliphatic carbocycles. The van der Waals surface area contributed by atoms with Crippen molar-refractivity contribution in [2.75, 3.05) is 0 Å². The minimum atomic E-state index is 0.566. The summed E-state index contributed by atoms with van der Waals surface area (Å²) in [5, 5.41) is 0. The molecule has 1 aliphatic heterocycles. The third-order valence-electron chi connectivity index (χ3n) is 2.25. The van der Waals surface area contributed by atoms with Crippen molar-refractivity contribution in [1.29, 1.82) is 0 Å². The second kappa shape index (κ2) is 4.97. The van der Waals surface area contributed by atoms with Gasteiger partial charge in [-0.05, 0) is 24.3 Å². The van der Waals surface area contributed by atoms with Crippen LogP contribution >= 0.6 is 12.1 Å². The maximum Gasteiger partial charge on any atom is 0.189 e. The highest BCUT2D eigenvalue weighted by atomic mass is 32.2. The van der Waals surface area contributed by atoms with E-state index >= 15 is 0 Å². The fourth-order valence-electron chi connectivity index (χ4n) is 1.44. The van der Waals surface area contributed by atoms with Crippen LogP contribution in [0.5, 0.6) is 0 Å². The van der Waals surface area contributed by atoms with E-state index in [1.807, 2.05) is 36.4 Å². The lowest BCUT2D eigenvalue weighted by Crippen LogP contribution is -2.18. The van der Waals surface area contributed by atoms with Crippen LogP contribution in [0.1, 0.15) is 11.4 Å². The Morgan fingerprint density at radius 3 is 2.06 bits per heavy atom. The third-order valence-corrected chi connectivity index (χ3v) is 2.76. The van der Waals surface area contributed by atoms with Crippen molar-refractivity contribution in [3.05, 3.63) is 60.2 Å². The number of aromatic nitrogens is 2. The number of rotatable bonds is 2. The second-order valence-electron chi connectivity index (χ2n) is 3.45. The molecule has 2 aromatic rings.